The van der Waals surface area contributed by atoms with Gasteiger partial charge >= 0.3 is 0 Å². The van der Waals surface area contributed by atoms with Gasteiger partial charge in [0.25, 0.3) is 5.91 Å². The third-order valence-electron chi connectivity index (χ3n) is 5.13. The molecule has 0 aliphatic carbocycles. The average Bonchev–Trinajstić information content (AvgIpc) is 2.95. The van der Waals surface area contributed by atoms with Gasteiger partial charge in [0.05, 0.1) is 12.2 Å². The second kappa shape index (κ2) is 8.30. The molecule has 138 valence electrons. The number of benzene rings is 1. The number of aliphatic hydroxyl groups excluding tert-OH is 1. The number of carbonyl (C=O) groups excluding carboxylic acids is 1. The maximum absolute atomic E-state index is 12.8. The van der Waals surface area contributed by atoms with Crippen LogP contribution in [0.25, 0.3) is 0 Å². The summed E-state index contributed by atoms with van der Waals surface area (Å²) in [6.45, 7) is 6.87. The zero-order chi connectivity index (χ0) is 17.8. The molecule has 2 saturated heterocycles. The minimum atomic E-state index is -0.607. The lowest BCUT2D eigenvalue weighted by Gasteiger charge is -2.23. The lowest BCUT2D eigenvalue weighted by Crippen LogP contribution is -2.31. The molecule has 25 heavy (non-hydrogen) atoms. The first kappa shape index (κ1) is 18.4. The number of carbonyl (C=O) groups is 1. The number of rotatable bonds is 5. The summed E-state index contributed by atoms with van der Waals surface area (Å²) in [4.78, 5) is 14.5. The lowest BCUT2D eigenvalue weighted by molar-refractivity contribution is -0.0394. The van der Waals surface area contributed by atoms with Crippen LogP contribution in [0.15, 0.2) is 24.3 Å². The molecule has 2 N–H and O–H groups in total. The van der Waals surface area contributed by atoms with Crippen LogP contribution in [0.1, 0.15) is 42.6 Å². The number of ether oxygens (including phenoxy) is 1. The summed E-state index contributed by atoms with van der Waals surface area (Å²) in [6, 6.07) is 7.98. The summed E-state index contributed by atoms with van der Waals surface area (Å²) in [5.41, 5.74) is 1.94. The van der Waals surface area contributed by atoms with Gasteiger partial charge in [-0.15, -0.1) is 0 Å². The third-order valence-corrected chi connectivity index (χ3v) is 5.13. The van der Waals surface area contributed by atoms with Gasteiger partial charge in [-0.2, -0.15) is 0 Å². The van der Waals surface area contributed by atoms with E-state index in [4.69, 9.17) is 4.74 Å². The van der Waals surface area contributed by atoms with Gasteiger partial charge in [0.2, 0.25) is 0 Å². The second-order valence-corrected chi connectivity index (χ2v) is 7.60. The predicted octanol–water partition coefficient (Wildman–Crippen LogP) is 1.84. The van der Waals surface area contributed by atoms with Gasteiger partial charge in [0.1, 0.15) is 6.10 Å². The van der Waals surface area contributed by atoms with Gasteiger partial charge in [0.15, 0.2) is 0 Å². The molecular weight excluding hydrogens is 316 g/mol. The molecule has 0 bridgehead atoms. The van der Waals surface area contributed by atoms with Crippen LogP contribution in [0.4, 0.5) is 0 Å². The zero-order valence-electron chi connectivity index (χ0n) is 15.3. The molecule has 1 aromatic rings. The van der Waals surface area contributed by atoms with Crippen LogP contribution in [0.3, 0.4) is 0 Å². The Kier molecular flexibility index (Phi) is 6.10. The molecule has 0 aromatic heterocycles. The normalized spacial score (nSPS) is 24.9. The zero-order valence-corrected chi connectivity index (χ0v) is 15.3. The summed E-state index contributed by atoms with van der Waals surface area (Å²) in [6.07, 6.45) is 2.58. The number of hydrogen-bond acceptors (Lipinski definition) is 4. The number of aliphatic hydroxyl groups is 1. The highest BCUT2D eigenvalue weighted by atomic mass is 16.5. The van der Waals surface area contributed by atoms with Gasteiger partial charge in [-0.1, -0.05) is 12.1 Å². The van der Waals surface area contributed by atoms with E-state index >= 15 is 0 Å². The van der Waals surface area contributed by atoms with Gasteiger partial charge in [-0.05, 0) is 69.8 Å². The van der Waals surface area contributed by atoms with Crippen molar-refractivity contribution in [2.75, 3.05) is 26.2 Å². The van der Waals surface area contributed by atoms with Gasteiger partial charge in [-0.3, -0.25) is 4.79 Å². The Bertz CT molecular complexity index is 584. The summed E-state index contributed by atoms with van der Waals surface area (Å²) >= 11 is 0. The van der Waals surface area contributed by atoms with E-state index < -0.39 is 6.10 Å². The third kappa shape index (κ3) is 4.81. The quantitative estimate of drug-likeness (QED) is 0.854. The molecule has 2 fully saturated rings. The molecule has 0 unspecified atom stereocenters. The van der Waals surface area contributed by atoms with E-state index in [9.17, 15) is 9.90 Å². The average molecular weight is 346 g/mol. The van der Waals surface area contributed by atoms with E-state index in [0.29, 0.717) is 24.6 Å². The number of hydrogen-bond donors (Lipinski definition) is 2. The Hall–Kier alpha value is -1.43. The predicted molar refractivity (Wildman–Crippen MR) is 97.7 cm³/mol. The Morgan fingerprint density at radius 1 is 1.32 bits per heavy atom. The number of piperidine rings is 1. The Morgan fingerprint density at radius 2 is 2.08 bits per heavy atom. The summed E-state index contributed by atoms with van der Waals surface area (Å²) in [7, 11) is 0. The molecule has 0 spiro atoms. The molecule has 5 nitrogen and oxygen atoms in total. The van der Waals surface area contributed by atoms with E-state index in [1.165, 1.54) is 18.4 Å². The Balaban J connectivity index is 1.63. The summed E-state index contributed by atoms with van der Waals surface area (Å²) in [5, 5.41) is 13.5. The van der Waals surface area contributed by atoms with E-state index in [-0.39, 0.29) is 18.1 Å². The van der Waals surface area contributed by atoms with Crippen LogP contribution in [0, 0.1) is 5.92 Å². The Labute approximate surface area is 150 Å². The van der Waals surface area contributed by atoms with Crippen LogP contribution >= 0.6 is 0 Å². The minimum Gasteiger partial charge on any atom is -0.388 e. The van der Waals surface area contributed by atoms with Gasteiger partial charge in [0, 0.05) is 18.7 Å². The number of likely N-dealkylation sites (tertiary alicyclic amines) is 1. The van der Waals surface area contributed by atoms with Crippen molar-refractivity contribution in [3.05, 3.63) is 35.4 Å². The van der Waals surface area contributed by atoms with Crippen molar-refractivity contribution >= 4 is 5.91 Å². The molecule has 2 atom stereocenters. The topological polar surface area (TPSA) is 61.8 Å². The summed E-state index contributed by atoms with van der Waals surface area (Å²) < 4.78 is 5.71. The van der Waals surface area contributed by atoms with Gasteiger partial charge in [-0.25, -0.2) is 0 Å². The molecular formula is C20H30N2O3. The van der Waals surface area contributed by atoms with E-state index in [2.05, 4.69) is 11.4 Å². The maximum Gasteiger partial charge on any atom is 0.254 e. The largest absolute Gasteiger partial charge is 0.388 e. The monoisotopic (exact) mass is 346 g/mol. The molecule has 2 aliphatic heterocycles. The van der Waals surface area contributed by atoms with Crippen molar-refractivity contribution in [2.45, 2.75) is 51.4 Å². The molecule has 1 amide bonds. The number of amides is 1. The van der Waals surface area contributed by atoms with E-state index in [0.717, 1.165) is 19.5 Å². The fourth-order valence-corrected chi connectivity index (χ4v) is 3.84. The van der Waals surface area contributed by atoms with Gasteiger partial charge < -0.3 is 20.1 Å². The highest BCUT2D eigenvalue weighted by Crippen LogP contribution is 2.21. The maximum atomic E-state index is 12.8. The second-order valence-electron chi connectivity index (χ2n) is 7.60. The van der Waals surface area contributed by atoms with Crippen molar-refractivity contribution < 1.29 is 14.6 Å². The molecule has 2 heterocycles. The van der Waals surface area contributed by atoms with Crippen LogP contribution in [-0.2, 0) is 11.2 Å². The molecule has 2 aliphatic rings. The SMILES string of the molecule is CC(C)O[C@H]1CN(C(=O)c2cccc(CC3CCNCC3)c2)C[C@@H]1O. The lowest BCUT2D eigenvalue weighted by atomic mass is 9.90. The number of nitrogens with one attached hydrogen (secondary N) is 1. The van der Waals surface area contributed by atoms with Crippen molar-refractivity contribution in [3.8, 4) is 0 Å². The van der Waals surface area contributed by atoms with Crippen molar-refractivity contribution in [1.29, 1.82) is 0 Å². The first-order valence-electron chi connectivity index (χ1n) is 9.45. The highest BCUT2D eigenvalue weighted by Gasteiger charge is 2.35. The molecule has 3 rings (SSSR count). The highest BCUT2D eigenvalue weighted by molar-refractivity contribution is 5.94. The minimum absolute atomic E-state index is 0.0129. The van der Waals surface area contributed by atoms with Crippen molar-refractivity contribution in [2.24, 2.45) is 5.92 Å². The first-order valence-corrected chi connectivity index (χ1v) is 9.45. The van der Waals surface area contributed by atoms with E-state index in [1.54, 1.807) is 4.90 Å². The van der Waals surface area contributed by atoms with Crippen molar-refractivity contribution in [3.63, 3.8) is 0 Å². The number of β-amino-alcohol motifs (C(OH)–C–C–N with tert-alkyl or cyclic N) is 1. The van der Waals surface area contributed by atoms with Crippen LogP contribution in [0.2, 0.25) is 0 Å². The van der Waals surface area contributed by atoms with Crippen LogP contribution < -0.4 is 5.32 Å². The standard InChI is InChI=1S/C20H30N2O3/c1-14(2)25-19-13-22(12-18(19)23)20(24)17-5-3-4-16(11-17)10-15-6-8-21-9-7-15/h3-5,11,14-15,18-19,21,23H,6-10,12-13H2,1-2H3/t18-,19-/m0/s1. The Morgan fingerprint density at radius 3 is 2.80 bits per heavy atom. The molecule has 0 radical (unpaired) electrons. The first-order chi connectivity index (χ1) is 12.0. The molecule has 0 saturated carbocycles. The molecule has 5 heteroatoms. The molecule has 1 aromatic carbocycles. The smallest absolute Gasteiger partial charge is 0.254 e. The van der Waals surface area contributed by atoms with Crippen LogP contribution in [0.5, 0.6) is 0 Å². The fraction of sp³-hybridized carbons (Fsp3) is 0.650. The number of nitrogens with zero attached hydrogens (tertiary/aromatic N) is 1. The van der Waals surface area contributed by atoms with Crippen molar-refractivity contribution in [1.82, 2.24) is 10.2 Å². The summed E-state index contributed by atoms with van der Waals surface area (Å²) in [5.74, 6) is 0.685. The van der Waals surface area contributed by atoms with Crippen LogP contribution in [-0.4, -0.2) is 60.4 Å². The fourth-order valence-electron chi connectivity index (χ4n) is 3.84. The van der Waals surface area contributed by atoms with E-state index in [1.807, 2.05) is 32.0 Å².